The summed E-state index contributed by atoms with van der Waals surface area (Å²) in [7, 11) is 1.48. The molecule has 1 spiro atoms. The average Bonchev–Trinajstić information content (AvgIpc) is 3.33. The molecule has 3 heterocycles. The number of benzene rings is 1. The highest BCUT2D eigenvalue weighted by Crippen LogP contribution is 2.52. The van der Waals surface area contributed by atoms with Crippen LogP contribution in [-0.4, -0.2) is 42.0 Å². The Hall–Kier alpha value is -2.60. The maximum absolute atomic E-state index is 13.4. The summed E-state index contributed by atoms with van der Waals surface area (Å²) in [5.41, 5.74) is 0.845. The third-order valence-corrected chi connectivity index (χ3v) is 6.42. The molecule has 144 valence electrons. The predicted molar refractivity (Wildman–Crippen MR) is 101 cm³/mol. The van der Waals surface area contributed by atoms with Crippen LogP contribution >= 0.6 is 11.6 Å². The molecule has 7 heteroatoms. The van der Waals surface area contributed by atoms with E-state index in [0.717, 1.165) is 24.0 Å². The molecular weight excluding hydrogens is 380 g/mol. The minimum Gasteiger partial charge on any atom is -0.480 e. The van der Waals surface area contributed by atoms with Crippen LogP contribution in [0.15, 0.2) is 36.5 Å². The molecule has 1 unspecified atom stereocenters. The second kappa shape index (κ2) is 5.95. The van der Waals surface area contributed by atoms with Gasteiger partial charge < -0.3 is 14.4 Å². The number of amides is 1. The number of esters is 1. The Morgan fingerprint density at radius 3 is 2.64 bits per heavy atom. The van der Waals surface area contributed by atoms with Crippen LogP contribution in [0.5, 0.6) is 5.88 Å². The number of methoxy groups -OCH3 is 1. The Bertz CT molecular complexity index is 986. The van der Waals surface area contributed by atoms with Gasteiger partial charge in [0.1, 0.15) is 5.56 Å². The number of pyridine rings is 1. The van der Waals surface area contributed by atoms with Gasteiger partial charge in [0, 0.05) is 29.7 Å². The largest absolute Gasteiger partial charge is 0.480 e. The summed E-state index contributed by atoms with van der Waals surface area (Å²) < 4.78 is 11.0. The van der Waals surface area contributed by atoms with E-state index in [1.807, 2.05) is 29.2 Å². The standard InChI is InChI=1S/C21H19ClN2O4/c1-27-17-16-15(6-10-23-17)21(28-18(16)25)9-11-24(12-21)19(26)20(7-8-20)13-2-4-14(22)5-3-13/h2-6,10H,7-9,11-12H2,1H3. The first-order valence-corrected chi connectivity index (χ1v) is 9.69. The summed E-state index contributed by atoms with van der Waals surface area (Å²) in [4.78, 5) is 31.8. The SMILES string of the molecule is COc1nccc2c1C(=O)OC21CCN(C(=O)C2(c3ccc(Cl)cc3)CC2)C1. The van der Waals surface area contributed by atoms with Gasteiger partial charge >= 0.3 is 5.97 Å². The van der Waals surface area contributed by atoms with Gasteiger partial charge in [-0.05, 0) is 36.6 Å². The van der Waals surface area contributed by atoms with Gasteiger partial charge in [0.05, 0.1) is 19.1 Å². The zero-order valence-electron chi connectivity index (χ0n) is 15.4. The molecule has 1 aliphatic carbocycles. The monoisotopic (exact) mass is 398 g/mol. The van der Waals surface area contributed by atoms with E-state index >= 15 is 0 Å². The molecule has 2 aliphatic heterocycles. The Morgan fingerprint density at radius 2 is 1.96 bits per heavy atom. The van der Waals surface area contributed by atoms with E-state index < -0.39 is 17.0 Å². The van der Waals surface area contributed by atoms with E-state index in [4.69, 9.17) is 21.1 Å². The molecule has 3 aliphatic rings. The zero-order valence-corrected chi connectivity index (χ0v) is 16.2. The van der Waals surface area contributed by atoms with Gasteiger partial charge in [0.15, 0.2) is 5.60 Å². The molecule has 2 aromatic rings. The number of carbonyl (C=O) groups excluding carboxylic acids is 2. The molecule has 0 bridgehead atoms. The van der Waals surface area contributed by atoms with E-state index in [9.17, 15) is 9.59 Å². The Morgan fingerprint density at radius 1 is 1.21 bits per heavy atom. The Labute approximate surface area is 167 Å². The second-order valence-electron chi connectivity index (χ2n) is 7.69. The number of hydrogen-bond acceptors (Lipinski definition) is 5. The van der Waals surface area contributed by atoms with Crippen molar-refractivity contribution in [1.82, 2.24) is 9.88 Å². The minimum absolute atomic E-state index is 0.0946. The van der Waals surface area contributed by atoms with E-state index in [1.54, 1.807) is 12.3 Å². The molecule has 0 radical (unpaired) electrons. The van der Waals surface area contributed by atoms with Crippen molar-refractivity contribution in [2.24, 2.45) is 0 Å². The molecule has 5 rings (SSSR count). The van der Waals surface area contributed by atoms with Gasteiger partial charge in [0.25, 0.3) is 0 Å². The molecule has 6 nitrogen and oxygen atoms in total. The molecule has 1 aromatic heterocycles. The topological polar surface area (TPSA) is 68.7 Å². The average molecular weight is 399 g/mol. The number of fused-ring (bicyclic) bond motifs is 2. The maximum atomic E-state index is 13.4. The summed E-state index contributed by atoms with van der Waals surface area (Å²) in [6.07, 6.45) is 3.83. The van der Waals surface area contributed by atoms with Crippen LogP contribution in [0.4, 0.5) is 0 Å². The van der Waals surface area contributed by atoms with Crippen molar-refractivity contribution in [3.63, 3.8) is 0 Å². The van der Waals surface area contributed by atoms with Crippen LogP contribution in [0.2, 0.25) is 5.02 Å². The molecule has 28 heavy (non-hydrogen) atoms. The number of ether oxygens (including phenoxy) is 2. The van der Waals surface area contributed by atoms with Crippen molar-refractivity contribution in [2.45, 2.75) is 30.3 Å². The van der Waals surface area contributed by atoms with Crippen LogP contribution in [0.3, 0.4) is 0 Å². The van der Waals surface area contributed by atoms with Crippen LogP contribution in [0.25, 0.3) is 0 Å². The summed E-state index contributed by atoms with van der Waals surface area (Å²) in [6.45, 7) is 0.901. The zero-order chi connectivity index (χ0) is 19.5. The number of halogens is 1. The quantitative estimate of drug-likeness (QED) is 0.743. The van der Waals surface area contributed by atoms with Crippen molar-refractivity contribution in [1.29, 1.82) is 0 Å². The summed E-state index contributed by atoms with van der Waals surface area (Å²) in [5.74, 6) is -0.0747. The second-order valence-corrected chi connectivity index (χ2v) is 8.13. The maximum Gasteiger partial charge on any atom is 0.345 e. The molecule has 1 saturated heterocycles. The van der Waals surface area contributed by atoms with Crippen LogP contribution in [0, 0.1) is 0 Å². The normalized spacial score (nSPS) is 24.2. The Kier molecular flexibility index (Phi) is 3.72. The number of carbonyl (C=O) groups is 2. The highest BCUT2D eigenvalue weighted by molar-refractivity contribution is 6.30. The highest BCUT2D eigenvalue weighted by Gasteiger charge is 2.58. The first-order valence-electron chi connectivity index (χ1n) is 9.31. The van der Waals surface area contributed by atoms with E-state index in [0.29, 0.717) is 30.1 Å². The fourth-order valence-corrected chi connectivity index (χ4v) is 4.66. The number of aromatic nitrogens is 1. The lowest BCUT2D eigenvalue weighted by Gasteiger charge is -2.26. The number of nitrogens with zero attached hydrogens (tertiary/aromatic N) is 2. The first kappa shape index (κ1) is 17.5. The summed E-state index contributed by atoms with van der Waals surface area (Å²) in [6, 6.07) is 9.30. The van der Waals surface area contributed by atoms with Gasteiger partial charge in [-0.1, -0.05) is 23.7 Å². The molecular formula is C21H19ClN2O4. The lowest BCUT2D eigenvalue weighted by atomic mass is 9.92. The molecule has 0 N–H and O–H groups in total. The van der Waals surface area contributed by atoms with Gasteiger partial charge in [-0.3, -0.25) is 4.79 Å². The van der Waals surface area contributed by atoms with Crippen molar-refractivity contribution >= 4 is 23.5 Å². The lowest BCUT2D eigenvalue weighted by molar-refractivity contribution is -0.134. The van der Waals surface area contributed by atoms with Crippen molar-refractivity contribution in [2.75, 3.05) is 20.2 Å². The van der Waals surface area contributed by atoms with Crippen molar-refractivity contribution < 1.29 is 19.1 Å². The highest BCUT2D eigenvalue weighted by atomic mass is 35.5. The van der Waals surface area contributed by atoms with Crippen molar-refractivity contribution in [3.05, 3.63) is 58.2 Å². The molecule has 1 aromatic carbocycles. The van der Waals surface area contributed by atoms with Crippen LogP contribution in [-0.2, 0) is 20.5 Å². The van der Waals surface area contributed by atoms with E-state index in [1.165, 1.54) is 7.11 Å². The third-order valence-electron chi connectivity index (χ3n) is 6.17. The number of rotatable bonds is 3. The van der Waals surface area contributed by atoms with E-state index in [2.05, 4.69) is 4.98 Å². The molecule has 1 atom stereocenters. The van der Waals surface area contributed by atoms with Crippen LogP contribution < -0.4 is 4.74 Å². The number of hydrogen-bond donors (Lipinski definition) is 0. The minimum atomic E-state index is -0.811. The Balaban J connectivity index is 1.44. The van der Waals surface area contributed by atoms with Gasteiger partial charge in [-0.2, -0.15) is 0 Å². The molecule has 2 fully saturated rings. The van der Waals surface area contributed by atoms with Gasteiger partial charge in [-0.25, -0.2) is 9.78 Å². The predicted octanol–water partition coefficient (Wildman–Crippen LogP) is 3.07. The smallest absolute Gasteiger partial charge is 0.345 e. The summed E-state index contributed by atoms with van der Waals surface area (Å²) in [5, 5.41) is 0.657. The molecule has 1 saturated carbocycles. The molecule has 1 amide bonds. The lowest BCUT2D eigenvalue weighted by Crippen LogP contribution is -2.40. The first-order chi connectivity index (χ1) is 13.5. The fraction of sp³-hybridized carbons (Fsp3) is 0.381. The van der Waals surface area contributed by atoms with Gasteiger partial charge in [-0.15, -0.1) is 0 Å². The third kappa shape index (κ3) is 2.37. The van der Waals surface area contributed by atoms with Gasteiger partial charge in [0.2, 0.25) is 11.8 Å². The van der Waals surface area contributed by atoms with Crippen molar-refractivity contribution in [3.8, 4) is 5.88 Å². The van der Waals surface area contributed by atoms with Crippen LogP contribution in [0.1, 0.15) is 40.7 Å². The number of likely N-dealkylation sites (tertiary alicyclic amines) is 1. The summed E-state index contributed by atoms with van der Waals surface area (Å²) >= 11 is 6.00. The van der Waals surface area contributed by atoms with E-state index in [-0.39, 0.29) is 11.8 Å². The fourth-order valence-electron chi connectivity index (χ4n) is 4.54.